The minimum Gasteiger partial charge on any atom is -0.305 e. The predicted molar refractivity (Wildman–Crippen MR) is 78.2 cm³/mol. The van der Waals surface area contributed by atoms with E-state index in [1.165, 1.54) is 6.07 Å². The van der Waals surface area contributed by atoms with Crippen molar-refractivity contribution >= 4 is 23.2 Å². The summed E-state index contributed by atoms with van der Waals surface area (Å²) in [5.41, 5.74) is 1.83. The van der Waals surface area contributed by atoms with Crippen molar-refractivity contribution in [3.05, 3.63) is 70.5 Å². The van der Waals surface area contributed by atoms with Gasteiger partial charge in [0.25, 0.3) is 0 Å². The van der Waals surface area contributed by atoms with Crippen LogP contribution in [-0.2, 0) is 6.54 Å². The van der Waals surface area contributed by atoms with E-state index in [-0.39, 0.29) is 11.1 Å². The van der Waals surface area contributed by atoms with Crippen molar-refractivity contribution in [2.75, 3.05) is 5.88 Å². The first-order chi connectivity index (χ1) is 9.22. The van der Waals surface area contributed by atoms with Crippen molar-refractivity contribution in [2.24, 2.45) is 0 Å². The van der Waals surface area contributed by atoms with Crippen LogP contribution in [0.1, 0.15) is 17.2 Å². The first-order valence-corrected chi connectivity index (χ1v) is 6.91. The fourth-order valence-corrected chi connectivity index (χ4v) is 2.35. The second kappa shape index (κ2) is 6.90. The maximum absolute atomic E-state index is 13.3. The third kappa shape index (κ3) is 3.69. The highest BCUT2D eigenvalue weighted by molar-refractivity contribution is 6.31. The first-order valence-electron chi connectivity index (χ1n) is 5.99. The summed E-state index contributed by atoms with van der Waals surface area (Å²) in [6.45, 7) is 0.475. The maximum atomic E-state index is 13.3. The van der Waals surface area contributed by atoms with E-state index in [4.69, 9.17) is 23.2 Å². The molecule has 0 saturated heterocycles. The number of alkyl halides is 1. The molecular weight excluding hydrogens is 284 g/mol. The van der Waals surface area contributed by atoms with Crippen LogP contribution in [0.25, 0.3) is 0 Å². The quantitative estimate of drug-likeness (QED) is 0.799. The summed E-state index contributed by atoms with van der Waals surface area (Å²) in [5.74, 6) is 0.0415. The molecule has 2 aromatic carbocycles. The van der Waals surface area contributed by atoms with E-state index in [9.17, 15) is 4.39 Å². The van der Waals surface area contributed by atoms with Gasteiger partial charge in [-0.1, -0.05) is 54.1 Å². The van der Waals surface area contributed by atoms with E-state index in [1.807, 2.05) is 30.3 Å². The van der Waals surface area contributed by atoms with E-state index < -0.39 is 5.82 Å². The monoisotopic (exact) mass is 297 g/mol. The molecule has 0 aromatic heterocycles. The molecule has 1 unspecified atom stereocenters. The van der Waals surface area contributed by atoms with Crippen molar-refractivity contribution < 1.29 is 4.39 Å². The number of rotatable bonds is 5. The number of nitrogens with one attached hydrogen (secondary N) is 1. The Bertz CT molecular complexity index is 531. The molecule has 0 heterocycles. The fraction of sp³-hybridized carbons (Fsp3) is 0.200. The average Bonchev–Trinajstić information content (AvgIpc) is 2.45. The Balaban J connectivity index is 2.06. The summed E-state index contributed by atoms with van der Waals surface area (Å²) in [4.78, 5) is 0. The van der Waals surface area contributed by atoms with E-state index in [2.05, 4.69) is 5.32 Å². The lowest BCUT2D eigenvalue weighted by molar-refractivity contribution is 0.574. The number of benzene rings is 2. The predicted octanol–water partition coefficient (Wildman–Crippen LogP) is 4.55. The minimum atomic E-state index is -0.400. The summed E-state index contributed by atoms with van der Waals surface area (Å²) >= 11 is 11.9. The van der Waals surface area contributed by atoms with Crippen LogP contribution in [0.15, 0.2) is 48.5 Å². The molecule has 0 aliphatic rings. The molecule has 100 valence electrons. The Morgan fingerprint density at radius 3 is 2.47 bits per heavy atom. The molecule has 0 aliphatic heterocycles. The Morgan fingerprint density at radius 1 is 1.05 bits per heavy atom. The molecule has 1 atom stereocenters. The van der Waals surface area contributed by atoms with Gasteiger partial charge >= 0.3 is 0 Å². The molecule has 4 heteroatoms. The Morgan fingerprint density at radius 2 is 1.79 bits per heavy atom. The van der Waals surface area contributed by atoms with Gasteiger partial charge in [0.05, 0.1) is 5.02 Å². The summed E-state index contributed by atoms with van der Waals surface area (Å²) in [6.07, 6.45) is 0. The first kappa shape index (κ1) is 14.3. The van der Waals surface area contributed by atoms with E-state index in [0.717, 1.165) is 11.1 Å². The summed E-state index contributed by atoms with van der Waals surface area (Å²) in [6, 6.07) is 14.7. The average molecular weight is 298 g/mol. The standard InChI is InChI=1S/C15H14Cl2FN/c16-9-14(11-5-2-1-3-6-11)19-10-12-7-4-8-13(18)15(12)17/h1-8,14,19H,9-10H2. The molecule has 1 N–H and O–H groups in total. The number of hydrogen-bond donors (Lipinski definition) is 1. The molecule has 0 aliphatic carbocycles. The minimum absolute atomic E-state index is 0.0159. The van der Waals surface area contributed by atoms with Gasteiger partial charge in [0.2, 0.25) is 0 Å². The van der Waals surface area contributed by atoms with Crippen LogP contribution in [0.3, 0.4) is 0 Å². The molecular formula is C15H14Cl2FN. The van der Waals surface area contributed by atoms with Crippen molar-refractivity contribution in [2.45, 2.75) is 12.6 Å². The van der Waals surface area contributed by atoms with Crippen LogP contribution in [0, 0.1) is 5.82 Å². The van der Waals surface area contributed by atoms with Crippen LogP contribution in [0.5, 0.6) is 0 Å². The van der Waals surface area contributed by atoms with Crippen LogP contribution in [0.2, 0.25) is 5.02 Å². The molecule has 0 radical (unpaired) electrons. The van der Waals surface area contributed by atoms with Gasteiger partial charge in [-0.25, -0.2) is 4.39 Å². The zero-order valence-electron chi connectivity index (χ0n) is 10.2. The normalized spacial score (nSPS) is 12.4. The highest BCUT2D eigenvalue weighted by Crippen LogP contribution is 2.21. The summed E-state index contributed by atoms with van der Waals surface area (Å²) < 4.78 is 13.3. The molecule has 0 spiro atoms. The molecule has 2 aromatic rings. The molecule has 0 amide bonds. The van der Waals surface area contributed by atoms with Crippen molar-refractivity contribution in [1.82, 2.24) is 5.32 Å². The largest absolute Gasteiger partial charge is 0.305 e. The molecule has 0 fully saturated rings. The van der Waals surface area contributed by atoms with Crippen LogP contribution in [-0.4, -0.2) is 5.88 Å². The number of hydrogen-bond acceptors (Lipinski definition) is 1. The second-order valence-corrected chi connectivity index (χ2v) is 4.90. The zero-order chi connectivity index (χ0) is 13.7. The summed E-state index contributed by atoms with van der Waals surface area (Å²) in [7, 11) is 0. The van der Waals surface area contributed by atoms with Gasteiger partial charge in [0, 0.05) is 18.5 Å². The smallest absolute Gasteiger partial charge is 0.142 e. The lowest BCUT2D eigenvalue weighted by atomic mass is 10.1. The van der Waals surface area contributed by atoms with Gasteiger partial charge in [0.15, 0.2) is 0 Å². The lowest BCUT2D eigenvalue weighted by Gasteiger charge is -2.17. The van der Waals surface area contributed by atoms with Gasteiger partial charge in [-0.3, -0.25) is 0 Å². The molecule has 19 heavy (non-hydrogen) atoms. The lowest BCUT2D eigenvalue weighted by Crippen LogP contribution is -2.22. The van der Waals surface area contributed by atoms with E-state index in [1.54, 1.807) is 12.1 Å². The highest BCUT2D eigenvalue weighted by atomic mass is 35.5. The third-order valence-corrected chi connectivity index (χ3v) is 3.66. The number of halogens is 3. The van der Waals surface area contributed by atoms with Crippen LogP contribution >= 0.6 is 23.2 Å². The SMILES string of the molecule is Fc1cccc(CNC(CCl)c2ccccc2)c1Cl. The van der Waals surface area contributed by atoms with Gasteiger partial charge in [-0.15, -0.1) is 11.6 Å². The maximum Gasteiger partial charge on any atom is 0.142 e. The Kier molecular flexibility index (Phi) is 5.20. The van der Waals surface area contributed by atoms with Gasteiger partial charge in [0.1, 0.15) is 5.82 Å². The van der Waals surface area contributed by atoms with Crippen molar-refractivity contribution in [3.8, 4) is 0 Å². The topological polar surface area (TPSA) is 12.0 Å². The van der Waals surface area contributed by atoms with Crippen molar-refractivity contribution in [3.63, 3.8) is 0 Å². The Hall–Kier alpha value is -1.09. The molecule has 1 nitrogen and oxygen atoms in total. The van der Waals surface area contributed by atoms with E-state index in [0.29, 0.717) is 12.4 Å². The van der Waals surface area contributed by atoms with Gasteiger partial charge < -0.3 is 5.32 Å². The van der Waals surface area contributed by atoms with Crippen molar-refractivity contribution in [1.29, 1.82) is 0 Å². The third-order valence-electron chi connectivity index (χ3n) is 2.93. The van der Waals surface area contributed by atoms with Crippen LogP contribution in [0.4, 0.5) is 4.39 Å². The zero-order valence-corrected chi connectivity index (χ0v) is 11.8. The highest BCUT2D eigenvalue weighted by Gasteiger charge is 2.11. The van der Waals surface area contributed by atoms with Gasteiger partial charge in [-0.2, -0.15) is 0 Å². The fourth-order valence-electron chi connectivity index (χ4n) is 1.86. The molecule has 2 rings (SSSR count). The Labute approximate surface area is 122 Å². The van der Waals surface area contributed by atoms with E-state index >= 15 is 0 Å². The van der Waals surface area contributed by atoms with Gasteiger partial charge in [-0.05, 0) is 17.2 Å². The summed E-state index contributed by atoms with van der Waals surface area (Å²) in [5, 5.41) is 3.45. The second-order valence-electron chi connectivity index (χ2n) is 4.21. The molecule has 0 saturated carbocycles. The molecule has 0 bridgehead atoms. The van der Waals surface area contributed by atoms with Crippen LogP contribution < -0.4 is 5.32 Å².